The highest BCUT2D eigenvalue weighted by atomic mass is 19.3. The first-order valence-electron chi connectivity index (χ1n) is 12.6. The molecule has 0 aliphatic heterocycles. The SMILES string of the molecule is COc1cc(-c2noc(CNc3ccccc3NC34CC5CC(CC(C5)C3)C4)n2)ccc1OC(F)F. The number of nitrogens with one attached hydrogen (secondary N) is 2. The molecule has 7 rings (SSSR count). The summed E-state index contributed by atoms with van der Waals surface area (Å²) in [5, 5.41) is 11.4. The zero-order valence-corrected chi connectivity index (χ0v) is 20.2. The first kappa shape index (κ1) is 23.1. The lowest BCUT2D eigenvalue weighted by molar-refractivity contribution is -0.0512. The average Bonchev–Trinajstić information content (AvgIpc) is 3.31. The van der Waals surface area contributed by atoms with Gasteiger partial charge in [-0.2, -0.15) is 13.8 Å². The monoisotopic (exact) mass is 496 g/mol. The highest BCUT2D eigenvalue weighted by molar-refractivity contribution is 5.69. The number of para-hydroxylation sites is 2. The first-order valence-corrected chi connectivity index (χ1v) is 12.6. The predicted molar refractivity (Wildman–Crippen MR) is 131 cm³/mol. The highest BCUT2D eigenvalue weighted by Gasteiger charge is 2.51. The fourth-order valence-corrected chi connectivity index (χ4v) is 6.91. The van der Waals surface area contributed by atoms with Crippen LogP contribution in [-0.4, -0.2) is 29.4 Å². The van der Waals surface area contributed by atoms with Crippen LogP contribution in [0, 0.1) is 17.8 Å². The summed E-state index contributed by atoms with van der Waals surface area (Å²) < 4.78 is 40.3. The number of nitrogens with zero attached hydrogens (tertiary/aromatic N) is 2. The zero-order chi connectivity index (χ0) is 24.7. The summed E-state index contributed by atoms with van der Waals surface area (Å²) in [6.45, 7) is -2.58. The Morgan fingerprint density at radius 1 is 1.00 bits per heavy atom. The second kappa shape index (κ2) is 9.26. The van der Waals surface area contributed by atoms with Crippen LogP contribution in [-0.2, 0) is 6.54 Å². The van der Waals surface area contributed by atoms with Crippen LogP contribution in [0.15, 0.2) is 47.0 Å². The normalized spacial score (nSPS) is 26.3. The minimum Gasteiger partial charge on any atom is -0.493 e. The third kappa shape index (κ3) is 4.58. The van der Waals surface area contributed by atoms with E-state index in [0.717, 1.165) is 29.1 Å². The van der Waals surface area contributed by atoms with Crippen LogP contribution in [0.2, 0.25) is 0 Å². The molecule has 36 heavy (non-hydrogen) atoms. The number of halogens is 2. The minimum atomic E-state index is -2.94. The van der Waals surface area contributed by atoms with Crippen molar-refractivity contribution >= 4 is 11.4 Å². The number of ether oxygens (including phenoxy) is 2. The Bertz CT molecular complexity index is 1200. The molecule has 0 radical (unpaired) electrons. The van der Waals surface area contributed by atoms with Crippen molar-refractivity contribution in [2.45, 2.75) is 57.2 Å². The molecule has 0 unspecified atom stereocenters. The largest absolute Gasteiger partial charge is 0.493 e. The van der Waals surface area contributed by atoms with E-state index in [9.17, 15) is 8.78 Å². The van der Waals surface area contributed by atoms with Crippen LogP contribution in [0.25, 0.3) is 11.4 Å². The number of rotatable bonds is 9. The summed E-state index contributed by atoms with van der Waals surface area (Å²) >= 11 is 0. The Morgan fingerprint density at radius 2 is 1.69 bits per heavy atom. The molecule has 0 spiro atoms. The summed E-state index contributed by atoms with van der Waals surface area (Å²) in [6.07, 6.45) is 8.04. The number of methoxy groups -OCH3 is 1. The van der Waals surface area contributed by atoms with E-state index in [0.29, 0.717) is 23.8 Å². The molecule has 4 fully saturated rings. The molecule has 0 atom stereocenters. The van der Waals surface area contributed by atoms with Crippen LogP contribution in [0.3, 0.4) is 0 Å². The quantitative estimate of drug-likeness (QED) is 0.358. The summed E-state index contributed by atoms with van der Waals surface area (Å²) in [5.74, 6) is 3.49. The van der Waals surface area contributed by atoms with Gasteiger partial charge in [-0.15, -0.1) is 0 Å². The van der Waals surface area contributed by atoms with Gasteiger partial charge < -0.3 is 24.6 Å². The van der Waals surface area contributed by atoms with E-state index in [2.05, 4.69) is 43.7 Å². The summed E-state index contributed by atoms with van der Waals surface area (Å²) in [6, 6.07) is 12.8. The lowest BCUT2D eigenvalue weighted by Gasteiger charge is -2.57. The van der Waals surface area contributed by atoms with Gasteiger partial charge in [0.25, 0.3) is 0 Å². The van der Waals surface area contributed by atoms with Crippen molar-refractivity contribution in [2.24, 2.45) is 17.8 Å². The standard InChI is InChI=1S/C27H30F2N4O3/c1-34-23-11-19(6-7-22(23)35-26(28)29)25-31-24(36-33-25)15-30-20-4-2-3-5-21(20)32-27-12-16-8-17(13-27)10-18(9-16)14-27/h2-7,11,16-18,26,30,32H,8-10,12-15H2,1H3. The van der Waals surface area contributed by atoms with E-state index in [4.69, 9.17) is 9.26 Å². The fraction of sp³-hybridized carbons (Fsp3) is 0.481. The molecule has 4 saturated carbocycles. The van der Waals surface area contributed by atoms with Crippen LogP contribution < -0.4 is 20.1 Å². The van der Waals surface area contributed by atoms with E-state index < -0.39 is 6.61 Å². The van der Waals surface area contributed by atoms with E-state index in [1.165, 1.54) is 51.7 Å². The third-order valence-corrected chi connectivity index (χ3v) is 7.90. The van der Waals surface area contributed by atoms with Gasteiger partial charge in [0.1, 0.15) is 0 Å². The molecule has 4 aliphatic carbocycles. The van der Waals surface area contributed by atoms with Crippen LogP contribution in [0.1, 0.15) is 44.4 Å². The summed E-state index contributed by atoms with van der Waals surface area (Å²) in [4.78, 5) is 4.47. The van der Waals surface area contributed by atoms with Crippen molar-refractivity contribution in [3.05, 3.63) is 48.4 Å². The van der Waals surface area contributed by atoms with Crippen LogP contribution in [0.4, 0.5) is 20.2 Å². The molecule has 7 nitrogen and oxygen atoms in total. The molecule has 1 aromatic heterocycles. The van der Waals surface area contributed by atoms with Gasteiger partial charge in [-0.05, 0) is 86.6 Å². The Balaban J connectivity index is 1.14. The number of benzene rings is 2. The second-order valence-electron chi connectivity index (χ2n) is 10.5. The Hall–Kier alpha value is -3.36. The van der Waals surface area contributed by atoms with Crippen LogP contribution >= 0.6 is 0 Å². The highest BCUT2D eigenvalue weighted by Crippen LogP contribution is 2.56. The molecule has 0 amide bonds. The van der Waals surface area contributed by atoms with E-state index >= 15 is 0 Å². The fourth-order valence-electron chi connectivity index (χ4n) is 6.91. The van der Waals surface area contributed by atoms with Gasteiger partial charge in [0.2, 0.25) is 11.7 Å². The molecule has 3 aromatic rings. The second-order valence-corrected chi connectivity index (χ2v) is 10.5. The number of anilines is 2. The number of aromatic nitrogens is 2. The lowest BCUT2D eigenvalue weighted by atomic mass is 9.53. The molecule has 2 aromatic carbocycles. The molecule has 2 N–H and O–H groups in total. The molecular formula is C27H30F2N4O3. The van der Waals surface area contributed by atoms with Gasteiger partial charge in [0, 0.05) is 11.1 Å². The molecule has 4 bridgehead atoms. The van der Waals surface area contributed by atoms with Gasteiger partial charge in [-0.1, -0.05) is 17.3 Å². The van der Waals surface area contributed by atoms with Crippen LogP contribution in [0.5, 0.6) is 11.5 Å². The van der Waals surface area contributed by atoms with Crippen molar-refractivity contribution in [3.63, 3.8) is 0 Å². The first-order chi connectivity index (χ1) is 17.5. The Morgan fingerprint density at radius 3 is 2.36 bits per heavy atom. The Kier molecular flexibility index (Phi) is 5.93. The van der Waals surface area contributed by atoms with Gasteiger partial charge in [0.05, 0.1) is 25.0 Å². The molecule has 1 heterocycles. The van der Waals surface area contributed by atoms with E-state index in [1.807, 2.05) is 6.07 Å². The number of alkyl halides is 2. The van der Waals surface area contributed by atoms with Gasteiger partial charge in [0.15, 0.2) is 11.5 Å². The lowest BCUT2D eigenvalue weighted by Crippen LogP contribution is -2.54. The number of hydrogen-bond donors (Lipinski definition) is 2. The van der Waals surface area contributed by atoms with Crippen molar-refractivity contribution in [3.8, 4) is 22.9 Å². The summed E-state index contributed by atoms with van der Waals surface area (Å²) in [7, 11) is 1.39. The smallest absolute Gasteiger partial charge is 0.387 e. The maximum atomic E-state index is 12.6. The zero-order valence-electron chi connectivity index (χ0n) is 20.2. The minimum absolute atomic E-state index is 0.0511. The third-order valence-electron chi connectivity index (χ3n) is 7.90. The topological polar surface area (TPSA) is 81.4 Å². The van der Waals surface area contributed by atoms with Crippen molar-refractivity contribution < 1.29 is 22.8 Å². The van der Waals surface area contributed by atoms with Crippen molar-refractivity contribution in [1.82, 2.24) is 10.1 Å². The molecule has 0 saturated heterocycles. The average molecular weight is 497 g/mol. The van der Waals surface area contributed by atoms with Crippen molar-refractivity contribution in [1.29, 1.82) is 0 Å². The molecule has 4 aliphatic rings. The molecular weight excluding hydrogens is 466 g/mol. The van der Waals surface area contributed by atoms with E-state index in [1.54, 1.807) is 12.1 Å². The van der Waals surface area contributed by atoms with Crippen molar-refractivity contribution in [2.75, 3.05) is 17.7 Å². The summed E-state index contributed by atoms with van der Waals surface area (Å²) in [5.41, 5.74) is 2.90. The Labute approximate surface area is 208 Å². The van der Waals surface area contributed by atoms with Gasteiger partial charge >= 0.3 is 6.61 Å². The number of hydrogen-bond acceptors (Lipinski definition) is 7. The molecule has 9 heteroatoms. The predicted octanol–water partition coefficient (Wildman–Crippen LogP) is 6.34. The maximum Gasteiger partial charge on any atom is 0.387 e. The molecule has 190 valence electrons. The van der Waals surface area contributed by atoms with Gasteiger partial charge in [-0.3, -0.25) is 0 Å². The van der Waals surface area contributed by atoms with Gasteiger partial charge in [-0.25, -0.2) is 0 Å². The maximum absolute atomic E-state index is 12.6. The van der Waals surface area contributed by atoms with E-state index in [-0.39, 0.29) is 17.0 Å².